The third-order valence-electron chi connectivity index (χ3n) is 2.59. The Morgan fingerprint density at radius 2 is 2.06 bits per heavy atom. The second-order valence-electron chi connectivity index (χ2n) is 3.72. The summed E-state index contributed by atoms with van der Waals surface area (Å²) in [4.78, 5) is 0. The Bertz CT molecular complexity index is 355. The molecule has 0 spiro atoms. The molecule has 0 aliphatic heterocycles. The molecular weight excluding hydrogens is 209 g/mol. The normalized spacial score (nSPS) is 12.6. The minimum Gasteiger partial charge on any atom is -0.496 e. The first kappa shape index (κ1) is 12.9. The Hall–Kier alpha value is -1.13. The van der Waals surface area contributed by atoms with Gasteiger partial charge in [-0.05, 0) is 18.5 Å². The third kappa shape index (κ3) is 2.51. The highest BCUT2D eigenvalue weighted by atomic mass is 19.1. The van der Waals surface area contributed by atoms with Crippen molar-refractivity contribution in [3.8, 4) is 5.75 Å². The molecule has 0 radical (unpaired) electrons. The van der Waals surface area contributed by atoms with Crippen LogP contribution in [0.15, 0.2) is 12.1 Å². The number of benzene rings is 1. The lowest BCUT2D eigenvalue weighted by Gasteiger charge is -2.17. The van der Waals surface area contributed by atoms with Gasteiger partial charge >= 0.3 is 0 Å². The van der Waals surface area contributed by atoms with Crippen molar-refractivity contribution in [1.82, 2.24) is 0 Å². The van der Waals surface area contributed by atoms with Gasteiger partial charge in [0, 0.05) is 18.2 Å². The van der Waals surface area contributed by atoms with Crippen LogP contribution in [0.3, 0.4) is 0 Å². The molecule has 0 fully saturated rings. The topological polar surface area (TPSA) is 44.5 Å². The first-order valence-corrected chi connectivity index (χ1v) is 5.20. The molecule has 0 aliphatic rings. The Kier molecular flexibility index (Phi) is 4.71. The summed E-state index contributed by atoms with van der Waals surface area (Å²) >= 11 is 0. The second kappa shape index (κ2) is 5.82. The molecule has 4 heteroatoms. The van der Waals surface area contributed by atoms with E-state index in [2.05, 4.69) is 0 Å². The van der Waals surface area contributed by atoms with Crippen LogP contribution in [-0.2, 0) is 11.3 Å². The van der Waals surface area contributed by atoms with Crippen molar-refractivity contribution in [3.63, 3.8) is 0 Å². The van der Waals surface area contributed by atoms with Gasteiger partial charge < -0.3 is 15.2 Å². The zero-order chi connectivity index (χ0) is 12.1. The number of ether oxygens (including phenoxy) is 2. The van der Waals surface area contributed by atoms with E-state index in [0.717, 1.165) is 0 Å². The molecule has 0 aliphatic carbocycles. The fraction of sp³-hybridized carbons (Fsp3) is 0.500. The Labute approximate surface area is 95.4 Å². The average molecular weight is 227 g/mol. The minimum absolute atomic E-state index is 0.0771. The smallest absolute Gasteiger partial charge is 0.135 e. The maximum atomic E-state index is 14.1. The van der Waals surface area contributed by atoms with Crippen LogP contribution in [0.4, 0.5) is 4.39 Å². The summed E-state index contributed by atoms with van der Waals surface area (Å²) in [5.41, 5.74) is 6.62. The van der Waals surface area contributed by atoms with Crippen molar-refractivity contribution < 1.29 is 13.9 Å². The SMILES string of the molecule is COCc1ccc(OC)c(C(C)CN)c1F. The Morgan fingerprint density at radius 3 is 2.56 bits per heavy atom. The standard InChI is InChI=1S/C12H18FNO2/c1-8(6-14)11-10(16-3)5-4-9(7-15-2)12(11)13/h4-5,8H,6-7,14H2,1-3H3. The molecule has 90 valence electrons. The van der Waals surface area contributed by atoms with Crippen LogP contribution in [0.5, 0.6) is 5.75 Å². The molecule has 0 bridgehead atoms. The lowest BCUT2D eigenvalue weighted by atomic mass is 9.97. The van der Waals surface area contributed by atoms with Gasteiger partial charge in [0.1, 0.15) is 11.6 Å². The molecule has 1 atom stereocenters. The van der Waals surface area contributed by atoms with Gasteiger partial charge in [-0.15, -0.1) is 0 Å². The highest BCUT2D eigenvalue weighted by molar-refractivity contribution is 5.41. The van der Waals surface area contributed by atoms with Crippen LogP contribution in [0, 0.1) is 5.82 Å². The molecule has 1 rings (SSSR count). The van der Waals surface area contributed by atoms with E-state index in [4.69, 9.17) is 15.2 Å². The molecule has 2 N–H and O–H groups in total. The van der Waals surface area contributed by atoms with Crippen LogP contribution in [0.1, 0.15) is 24.0 Å². The van der Waals surface area contributed by atoms with Crippen LogP contribution in [-0.4, -0.2) is 20.8 Å². The summed E-state index contributed by atoms with van der Waals surface area (Å²) < 4.78 is 24.2. The largest absolute Gasteiger partial charge is 0.496 e. The van der Waals surface area contributed by atoms with E-state index in [-0.39, 0.29) is 18.3 Å². The van der Waals surface area contributed by atoms with Crippen molar-refractivity contribution in [2.45, 2.75) is 19.4 Å². The molecule has 0 saturated carbocycles. The maximum Gasteiger partial charge on any atom is 0.135 e. The summed E-state index contributed by atoms with van der Waals surface area (Å²) in [5, 5.41) is 0. The summed E-state index contributed by atoms with van der Waals surface area (Å²) in [6, 6.07) is 3.42. The first-order valence-electron chi connectivity index (χ1n) is 5.20. The Balaban J connectivity index is 3.22. The number of nitrogens with two attached hydrogens (primary N) is 1. The molecule has 0 saturated heterocycles. The first-order chi connectivity index (χ1) is 7.65. The third-order valence-corrected chi connectivity index (χ3v) is 2.59. The van der Waals surface area contributed by atoms with Crippen molar-refractivity contribution in [3.05, 3.63) is 29.1 Å². The molecule has 0 amide bonds. The quantitative estimate of drug-likeness (QED) is 0.837. The van der Waals surface area contributed by atoms with E-state index < -0.39 is 0 Å². The maximum absolute atomic E-state index is 14.1. The average Bonchev–Trinajstić information content (AvgIpc) is 2.30. The van der Waals surface area contributed by atoms with E-state index in [1.807, 2.05) is 6.92 Å². The summed E-state index contributed by atoms with van der Waals surface area (Å²) in [6.07, 6.45) is 0. The number of hydrogen-bond acceptors (Lipinski definition) is 3. The van der Waals surface area contributed by atoms with Gasteiger partial charge in [0.25, 0.3) is 0 Å². The van der Waals surface area contributed by atoms with E-state index in [1.165, 1.54) is 14.2 Å². The molecule has 1 aromatic rings. The highest BCUT2D eigenvalue weighted by Gasteiger charge is 2.18. The summed E-state index contributed by atoms with van der Waals surface area (Å²) in [7, 11) is 3.06. The number of rotatable bonds is 5. The van der Waals surface area contributed by atoms with Gasteiger partial charge in [-0.1, -0.05) is 13.0 Å². The van der Waals surface area contributed by atoms with Crippen LogP contribution >= 0.6 is 0 Å². The van der Waals surface area contributed by atoms with Crippen molar-refractivity contribution >= 4 is 0 Å². The van der Waals surface area contributed by atoms with Crippen molar-refractivity contribution in [2.75, 3.05) is 20.8 Å². The molecule has 0 aromatic heterocycles. The van der Waals surface area contributed by atoms with Crippen molar-refractivity contribution in [2.24, 2.45) is 5.73 Å². The van der Waals surface area contributed by atoms with Crippen LogP contribution < -0.4 is 10.5 Å². The lowest BCUT2D eigenvalue weighted by Crippen LogP contribution is -2.13. The number of hydrogen-bond donors (Lipinski definition) is 1. The fourth-order valence-electron chi connectivity index (χ4n) is 1.64. The zero-order valence-corrected chi connectivity index (χ0v) is 9.92. The second-order valence-corrected chi connectivity index (χ2v) is 3.72. The fourth-order valence-corrected chi connectivity index (χ4v) is 1.64. The molecule has 0 heterocycles. The predicted octanol–water partition coefficient (Wildman–Crippen LogP) is 2.04. The number of methoxy groups -OCH3 is 2. The van der Waals surface area contributed by atoms with Gasteiger partial charge in [-0.3, -0.25) is 0 Å². The zero-order valence-electron chi connectivity index (χ0n) is 9.92. The lowest BCUT2D eigenvalue weighted by molar-refractivity contribution is 0.181. The summed E-state index contributed by atoms with van der Waals surface area (Å²) in [6.45, 7) is 2.50. The monoisotopic (exact) mass is 227 g/mol. The molecule has 16 heavy (non-hydrogen) atoms. The van der Waals surface area contributed by atoms with Gasteiger partial charge in [0.05, 0.1) is 13.7 Å². The Morgan fingerprint density at radius 1 is 1.38 bits per heavy atom. The summed E-state index contributed by atoms with van der Waals surface area (Å²) in [5.74, 6) is 0.182. The van der Waals surface area contributed by atoms with Crippen LogP contribution in [0.2, 0.25) is 0 Å². The van der Waals surface area contributed by atoms with E-state index in [1.54, 1.807) is 12.1 Å². The minimum atomic E-state index is -0.279. The van der Waals surface area contributed by atoms with Gasteiger partial charge in [0.15, 0.2) is 0 Å². The number of halogens is 1. The van der Waals surface area contributed by atoms with E-state index >= 15 is 0 Å². The van der Waals surface area contributed by atoms with Crippen LogP contribution in [0.25, 0.3) is 0 Å². The molecule has 3 nitrogen and oxygen atoms in total. The van der Waals surface area contributed by atoms with Gasteiger partial charge in [-0.2, -0.15) is 0 Å². The van der Waals surface area contributed by atoms with Crippen molar-refractivity contribution in [1.29, 1.82) is 0 Å². The van der Waals surface area contributed by atoms with E-state index in [0.29, 0.717) is 23.4 Å². The molecule has 1 aromatic carbocycles. The highest BCUT2D eigenvalue weighted by Crippen LogP contribution is 2.30. The van der Waals surface area contributed by atoms with Gasteiger partial charge in [-0.25, -0.2) is 4.39 Å². The van der Waals surface area contributed by atoms with Gasteiger partial charge in [0.2, 0.25) is 0 Å². The molecular formula is C12H18FNO2. The van der Waals surface area contributed by atoms with E-state index in [9.17, 15) is 4.39 Å². The molecule has 1 unspecified atom stereocenters. The predicted molar refractivity (Wildman–Crippen MR) is 61.1 cm³/mol.